The lowest BCUT2D eigenvalue weighted by atomic mass is 9.74. The Hall–Kier alpha value is -0.320. The van der Waals surface area contributed by atoms with Gasteiger partial charge >= 0.3 is 6.18 Å². The van der Waals surface area contributed by atoms with Gasteiger partial charge in [0.2, 0.25) is 0 Å². The van der Waals surface area contributed by atoms with Gasteiger partial charge in [-0.25, -0.2) is 4.39 Å². The van der Waals surface area contributed by atoms with Gasteiger partial charge in [-0.3, -0.25) is 5.32 Å². The fourth-order valence-electron chi connectivity index (χ4n) is 4.03. The lowest BCUT2D eigenvalue weighted by Gasteiger charge is -2.34. The predicted octanol–water partition coefficient (Wildman–Crippen LogP) is 3.79. The van der Waals surface area contributed by atoms with Crippen molar-refractivity contribution in [3.63, 3.8) is 0 Å². The summed E-state index contributed by atoms with van der Waals surface area (Å²) in [6.07, 6.45) is -1.63. The summed E-state index contributed by atoms with van der Waals surface area (Å²) in [4.78, 5) is 0. The van der Waals surface area contributed by atoms with E-state index in [1.54, 1.807) is 6.92 Å². The van der Waals surface area contributed by atoms with Crippen LogP contribution in [0.15, 0.2) is 0 Å². The fourth-order valence-corrected chi connectivity index (χ4v) is 4.03. The molecule has 3 aliphatic rings. The van der Waals surface area contributed by atoms with Gasteiger partial charge in [-0.1, -0.05) is 6.92 Å². The summed E-state index contributed by atoms with van der Waals surface area (Å²) in [5.41, 5.74) is -3.60. The van der Waals surface area contributed by atoms with Crippen LogP contribution in [0.4, 0.5) is 17.6 Å². The molecule has 0 radical (unpaired) electrons. The number of alkyl halides is 4. The van der Waals surface area contributed by atoms with Crippen LogP contribution in [0.3, 0.4) is 0 Å². The van der Waals surface area contributed by atoms with Crippen molar-refractivity contribution < 1.29 is 17.6 Å². The van der Waals surface area contributed by atoms with E-state index < -0.39 is 22.9 Å². The van der Waals surface area contributed by atoms with Gasteiger partial charge in [0.1, 0.15) is 5.41 Å². The van der Waals surface area contributed by atoms with E-state index in [1.807, 2.05) is 6.92 Å². The van der Waals surface area contributed by atoms with Gasteiger partial charge in [-0.2, -0.15) is 13.2 Å². The van der Waals surface area contributed by atoms with Crippen LogP contribution in [0.2, 0.25) is 0 Å². The minimum Gasteiger partial charge on any atom is -0.272 e. The third-order valence-electron chi connectivity index (χ3n) is 6.31. The molecule has 0 amide bonds. The molecule has 3 rings (SSSR count). The first-order valence-electron chi connectivity index (χ1n) is 6.42. The summed E-state index contributed by atoms with van der Waals surface area (Å²) in [6.45, 7) is 5.46. The normalized spacial score (nSPS) is 49.3. The Kier molecular flexibility index (Phi) is 1.84. The highest BCUT2D eigenvalue weighted by Crippen LogP contribution is 2.86. The SMILES string of the molecule is CC(C)(C(F)(F)F)C1(F)NC1(C)C1(C)CC12CC2. The van der Waals surface area contributed by atoms with Crippen LogP contribution in [0.1, 0.15) is 47.0 Å². The van der Waals surface area contributed by atoms with Gasteiger partial charge in [-0.15, -0.1) is 0 Å². The standard InChI is InChI=1S/C13H19F4N/c1-8(2,13(15,16)17)12(14)10(4,18-12)9(3)7-11(9)5-6-11/h18H,5-7H2,1-4H3. The highest BCUT2D eigenvalue weighted by atomic mass is 19.4. The summed E-state index contributed by atoms with van der Waals surface area (Å²) in [6, 6.07) is 0. The topological polar surface area (TPSA) is 21.9 Å². The second-order valence-corrected chi connectivity index (χ2v) is 7.32. The maximum absolute atomic E-state index is 14.9. The van der Waals surface area contributed by atoms with Gasteiger partial charge < -0.3 is 0 Å². The van der Waals surface area contributed by atoms with Crippen LogP contribution < -0.4 is 5.32 Å². The molecule has 0 bridgehead atoms. The first kappa shape index (κ1) is 12.7. The zero-order valence-electron chi connectivity index (χ0n) is 11.1. The largest absolute Gasteiger partial charge is 0.398 e. The van der Waals surface area contributed by atoms with Crippen molar-refractivity contribution in [3.05, 3.63) is 0 Å². The first-order chi connectivity index (χ1) is 7.87. The van der Waals surface area contributed by atoms with Gasteiger partial charge in [-0.05, 0) is 50.9 Å². The molecular weight excluding hydrogens is 246 g/mol. The molecule has 3 unspecified atom stereocenters. The van der Waals surface area contributed by atoms with Crippen LogP contribution in [0.5, 0.6) is 0 Å². The molecule has 1 nitrogen and oxygen atoms in total. The van der Waals surface area contributed by atoms with Crippen LogP contribution in [0, 0.1) is 16.2 Å². The molecule has 0 aromatic carbocycles. The van der Waals surface area contributed by atoms with E-state index >= 15 is 0 Å². The maximum Gasteiger partial charge on any atom is 0.398 e. The molecule has 1 N–H and O–H groups in total. The van der Waals surface area contributed by atoms with Crippen molar-refractivity contribution >= 4 is 0 Å². The van der Waals surface area contributed by atoms with E-state index in [9.17, 15) is 17.6 Å². The zero-order chi connectivity index (χ0) is 13.8. The molecule has 1 spiro atoms. The second kappa shape index (κ2) is 2.60. The smallest absolute Gasteiger partial charge is 0.272 e. The minimum absolute atomic E-state index is 0.129. The molecule has 1 aliphatic heterocycles. The summed E-state index contributed by atoms with van der Waals surface area (Å²) < 4.78 is 54.0. The van der Waals surface area contributed by atoms with E-state index in [0.29, 0.717) is 0 Å². The summed E-state index contributed by atoms with van der Waals surface area (Å²) >= 11 is 0. The predicted molar refractivity (Wildman–Crippen MR) is 59.6 cm³/mol. The number of nitrogens with one attached hydrogen (secondary N) is 1. The molecule has 0 aromatic rings. The zero-order valence-corrected chi connectivity index (χ0v) is 11.1. The Bertz CT molecular complexity index is 425. The third-order valence-corrected chi connectivity index (χ3v) is 6.31. The lowest BCUT2D eigenvalue weighted by molar-refractivity contribution is -0.242. The average molecular weight is 265 g/mol. The van der Waals surface area contributed by atoms with E-state index in [-0.39, 0.29) is 10.8 Å². The highest BCUT2D eigenvalue weighted by molar-refractivity contribution is 5.40. The van der Waals surface area contributed by atoms with Crippen molar-refractivity contribution in [2.24, 2.45) is 16.2 Å². The number of hydrogen-bond donors (Lipinski definition) is 1. The van der Waals surface area contributed by atoms with Crippen molar-refractivity contribution in [2.75, 3.05) is 0 Å². The Labute approximate surface area is 104 Å². The molecule has 3 fully saturated rings. The van der Waals surface area contributed by atoms with Crippen LogP contribution in [-0.2, 0) is 0 Å². The molecule has 2 saturated carbocycles. The van der Waals surface area contributed by atoms with Crippen molar-refractivity contribution in [1.82, 2.24) is 5.32 Å². The molecule has 0 aromatic heterocycles. The third kappa shape index (κ3) is 1.02. The Morgan fingerprint density at radius 2 is 1.56 bits per heavy atom. The first-order valence-corrected chi connectivity index (χ1v) is 6.42. The number of hydrogen-bond acceptors (Lipinski definition) is 1. The summed E-state index contributed by atoms with van der Waals surface area (Å²) in [5.74, 6) is -2.35. The molecule has 1 saturated heterocycles. The van der Waals surface area contributed by atoms with E-state index in [2.05, 4.69) is 5.32 Å². The monoisotopic (exact) mass is 265 g/mol. The van der Waals surface area contributed by atoms with E-state index in [4.69, 9.17) is 0 Å². The molecule has 5 heteroatoms. The molecule has 18 heavy (non-hydrogen) atoms. The van der Waals surface area contributed by atoms with Gasteiger partial charge in [0.25, 0.3) is 0 Å². The van der Waals surface area contributed by atoms with Crippen LogP contribution >= 0.6 is 0 Å². The molecular formula is C13H19F4N. The van der Waals surface area contributed by atoms with Crippen molar-refractivity contribution in [1.29, 1.82) is 0 Å². The van der Waals surface area contributed by atoms with E-state index in [1.165, 1.54) is 0 Å². The molecule has 3 atom stereocenters. The minimum atomic E-state index is -4.55. The average Bonchev–Trinajstić information content (AvgIpc) is 3.08. The summed E-state index contributed by atoms with van der Waals surface area (Å²) in [7, 11) is 0. The fraction of sp³-hybridized carbons (Fsp3) is 1.00. The number of rotatable bonds is 2. The van der Waals surface area contributed by atoms with Crippen molar-refractivity contribution in [3.8, 4) is 0 Å². The lowest BCUT2D eigenvalue weighted by Crippen LogP contribution is -2.48. The van der Waals surface area contributed by atoms with Crippen molar-refractivity contribution in [2.45, 2.75) is 64.5 Å². The molecule has 2 aliphatic carbocycles. The van der Waals surface area contributed by atoms with Gasteiger partial charge in [0, 0.05) is 0 Å². The Morgan fingerprint density at radius 3 is 1.89 bits per heavy atom. The van der Waals surface area contributed by atoms with E-state index in [0.717, 1.165) is 33.1 Å². The molecule has 104 valence electrons. The highest BCUT2D eigenvalue weighted by Gasteiger charge is 2.91. The van der Waals surface area contributed by atoms with Gasteiger partial charge in [0.05, 0.1) is 5.54 Å². The summed E-state index contributed by atoms with van der Waals surface area (Å²) in [5, 5.41) is 2.58. The second-order valence-electron chi connectivity index (χ2n) is 7.32. The molecule has 1 heterocycles. The Balaban J connectivity index is 1.92. The number of halogens is 4. The maximum atomic E-state index is 14.9. The van der Waals surface area contributed by atoms with Crippen LogP contribution in [-0.4, -0.2) is 17.5 Å². The van der Waals surface area contributed by atoms with Crippen LogP contribution in [0.25, 0.3) is 0 Å². The Morgan fingerprint density at radius 1 is 1.06 bits per heavy atom. The quantitative estimate of drug-likeness (QED) is 0.458. The van der Waals surface area contributed by atoms with Gasteiger partial charge in [0.15, 0.2) is 5.79 Å².